The van der Waals surface area contributed by atoms with Crippen LogP contribution in [0, 0.1) is 0 Å². The van der Waals surface area contributed by atoms with Crippen LogP contribution in [0.5, 0.6) is 0 Å². The number of ether oxygens (including phenoxy) is 7. The summed E-state index contributed by atoms with van der Waals surface area (Å²) in [6.07, 6.45) is -20.4. The zero-order valence-corrected chi connectivity index (χ0v) is 28.9. The molecule has 20 heteroatoms. The first-order chi connectivity index (χ1) is 23.4. The van der Waals surface area contributed by atoms with Gasteiger partial charge < -0.3 is 93.6 Å². The maximum Gasteiger partial charge on any atom is 0.192 e. The molecule has 3 aliphatic heterocycles. The monoisotopic (exact) mass is 741 g/mol. The van der Waals surface area contributed by atoms with Crippen molar-refractivity contribution in [2.75, 3.05) is 39.6 Å². The van der Waals surface area contributed by atoms with Crippen molar-refractivity contribution < 1.29 is 93.6 Å². The van der Waals surface area contributed by atoms with Crippen molar-refractivity contribution in [2.24, 2.45) is 0 Å². The van der Waals surface area contributed by atoms with Crippen LogP contribution in [0.2, 0.25) is 0 Å². The zero-order valence-electron chi connectivity index (χ0n) is 27.9. The molecule has 19 nitrogen and oxygen atoms in total. The van der Waals surface area contributed by atoms with E-state index in [9.17, 15) is 46.0 Å². The Labute approximate surface area is 287 Å². The second-order valence-corrected chi connectivity index (χ2v) is 12.4. The van der Waals surface area contributed by atoms with Crippen LogP contribution in [-0.4, -0.2) is 188 Å². The molecule has 0 bridgehead atoms. The topological polar surface area (TPSA) is 299 Å². The summed E-state index contributed by atoms with van der Waals surface area (Å²) in [5.74, 6) is 0. The Hall–Kier alpha value is -0.330. The molecule has 0 saturated carbocycles. The summed E-state index contributed by atoms with van der Waals surface area (Å²) in [6, 6.07) is 0. The van der Waals surface area contributed by atoms with Gasteiger partial charge >= 0.3 is 0 Å². The third-order valence-electron chi connectivity index (χ3n) is 7.79. The van der Waals surface area contributed by atoms with E-state index in [4.69, 9.17) is 47.7 Å². The molecule has 292 valence electrons. The van der Waals surface area contributed by atoms with Crippen LogP contribution in [0.15, 0.2) is 0 Å². The second kappa shape index (κ2) is 24.1. The lowest BCUT2D eigenvalue weighted by atomic mass is 9.99. The largest absolute Gasteiger partial charge is 0.445 e. The van der Waals surface area contributed by atoms with Crippen LogP contribution in [0.1, 0.15) is 52.4 Å². The van der Waals surface area contributed by atoms with Crippen molar-refractivity contribution in [3.63, 3.8) is 0 Å². The maximum absolute atomic E-state index is 10.5. The number of hydrogen-bond acceptors (Lipinski definition) is 18. The molecule has 16 atom stereocenters. The van der Waals surface area contributed by atoms with Gasteiger partial charge in [-0.25, -0.2) is 0 Å². The van der Waals surface area contributed by atoms with E-state index in [0.717, 1.165) is 0 Å². The Morgan fingerprint density at radius 1 is 0.531 bits per heavy atom. The molecule has 49 heavy (non-hydrogen) atoms. The normalized spacial score (nSPS) is 40.0. The van der Waals surface area contributed by atoms with Crippen molar-refractivity contribution in [1.82, 2.24) is 0 Å². The number of unbranched alkanes of at least 4 members (excludes halogenated alkanes) is 3. The van der Waals surface area contributed by atoms with Gasteiger partial charge in [0.05, 0.1) is 19.8 Å². The molecule has 3 aliphatic rings. The summed E-state index contributed by atoms with van der Waals surface area (Å²) in [6.45, 7) is 4.46. The third kappa shape index (κ3) is 13.9. The predicted molar refractivity (Wildman–Crippen MR) is 168 cm³/mol. The highest BCUT2D eigenvalue weighted by Gasteiger charge is 2.51. The van der Waals surface area contributed by atoms with Crippen LogP contribution in [0.4, 0.5) is 0 Å². The van der Waals surface area contributed by atoms with Gasteiger partial charge in [0.1, 0.15) is 73.8 Å². The molecular weight excluding hydrogens is 683 g/mol. The smallest absolute Gasteiger partial charge is 0.192 e. The Kier molecular flexibility index (Phi) is 22.0. The first-order valence-corrected chi connectivity index (χ1v) is 17.5. The Bertz CT molecular complexity index is 851. The highest BCUT2D eigenvalue weighted by Crippen LogP contribution is 2.30. The van der Waals surface area contributed by atoms with Crippen molar-refractivity contribution >= 4 is 9.03 Å². The fourth-order valence-electron chi connectivity index (χ4n) is 4.97. The van der Waals surface area contributed by atoms with Gasteiger partial charge in [-0.2, -0.15) is 0 Å². The first-order valence-electron chi connectivity index (χ1n) is 16.6. The van der Waals surface area contributed by atoms with Gasteiger partial charge in [-0.3, -0.25) is 0 Å². The summed E-state index contributed by atoms with van der Waals surface area (Å²) < 4.78 is 43.4. The van der Waals surface area contributed by atoms with Crippen molar-refractivity contribution in [3.8, 4) is 0 Å². The molecule has 3 fully saturated rings. The van der Waals surface area contributed by atoms with Crippen LogP contribution < -0.4 is 0 Å². The minimum atomic E-state index is -1.90. The van der Waals surface area contributed by atoms with Gasteiger partial charge in [-0.1, -0.05) is 20.3 Å². The van der Waals surface area contributed by atoms with E-state index in [2.05, 4.69) is 13.8 Å². The van der Waals surface area contributed by atoms with Crippen molar-refractivity contribution in [2.45, 2.75) is 145 Å². The second-order valence-electron chi connectivity index (χ2n) is 12.0. The summed E-state index contributed by atoms with van der Waals surface area (Å²) in [5, 5.41) is 101. The van der Waals surface area contributed by atoms with Crippen LogP contribution >= 0.6 is 9.03 Å². The standard InChI is InChI=1S/C26H49O19P.C3H8/c27-6-2-1-3-8-39-23-19(33)16(30)15(29)13(42-23)11-40-24-20(34)18(32)22(36)26(44-24)45-25-21(35)17(31)14(28)12(43-25)10-38-7-4-5-9-41-46-37;1-3-2/h12-37,46H,1-11H2;3H2,1-2H3/p+1. The van der Waals surface area contributed by atoms with E-state index in [0.29, 0.717) is 38.7 Å². The first kappa shape index (κ1) is 44.8. The molecule has 3 rings (SSSR count). The molecule has 3 saturated heterocycles. The van der Waals surface area contributed by atoms with E-state index in [-0.39, 0.29) is 26.4 Å². The van der Waals surface area contributed by atoms with Gasteiger partial charge in [0.25, 0.3) is 0 Å². The van der Waals surface area contributed by atoms with E-state index in [1.54, 1.807) is 0 Å². The molecule has 0 aliphatic carbocycles. The molecule has 0 aromatic heterocycles. The summed E-state index contributed by atoms with van der Waals surface area (Å²) in [7, 11) is -0.614. The van der Waals surface area contributed by atoms with Crippen LogP contribution in [0.25, 0.3) is 0 Å². The molecule has 12 N–H and O–H groups in total. The van der Waals surface area contributed by atoms with Crippen molar-refractivity contribution in [1.29, 1.82) is 0 Å². The van der Waals surface area contributed by atoms with E-state index < -0.39 is 108 Å². The van der Waals surface area contributed by atoms with Crippen molar-refractivity contribution in [3.05, 3.63) is 0 Å². The number of aliphatic hydroxyl groups is 9. The maximum atomic E-state index is 10.5. The molecule has 3 heterocycles. The predicted octanol–water partition coefficient (Wildman–Crippen LogP) is -3.96. The van der Waals surface area contributed by atoms with E-state index in [1.165, 1.54) is 6.42 Å². The number of aliphatic hydroxyl groups excluding tert-OH is 9. The number of hydrogen-bond donors (Lipinski definition) is 10. The third-order valence-corrected chi connectivity index (χ3v) is 8.12. The molecule has 0 aromatic carbocycles. The minimum absolute atomic E-state index is 0.153. The van der Waals surface area contributed by atoms with Crippen LogP contribution in [-0.2, 0) is 37.7 Å². The SMILES string of the molecule is CCC.OPOCCCCOCC1OC(OC2OC(OCC3OC(OCCCCC[OH2+])C(O)C(O)C3O)C(O)C(O)C2O)C(O)C(O)C1O. The highest BCUT2D eigenvalue weighted by molar-refractivity contribution is 7.24. The van der Waals surface area contributed by atoms with Gasteiger partial charge in [-0.05, 0) is 25.7 Å². The fraction of sp³-hybridized carbons (Fsp3) is 1.00. The zero-order chi connectivity index (χ0) is 36.5. The van der Waals surface area contributed by atoms with E-state index >= 15 is 0 Å². The van der Waals surface area contributed by atoms with Gasteiger partial charge in [0.15, 0.2) is 34.2 Å². The Morgan fingerprint density at radius 2 is 1.00 bits per heavy atom. The summed E-state index contributed by atoms with van der Waals surface area (Å²) >= 11 is 0. The molecule has 0 amide bonds. The molecule has 0 spiro atoms. The number of rotatable bonds is 19. The minimum Gasteiger partial charge on any atom is -0.445 e. The van der Waals surface area contributed by atoms with Crippen LogP contribution in [0.3, 0.4) is 0 Å². The fourth-order valence-corrected chi connectivity index (χ4v) is 5.21. The lowest BCUT2D eigenvalue weighted by molar-refractivity contribution is -0.402. The molecule has 0 radical (unpaired) electrons. The quantitative estimate of drug-likeness (QED) is 0.0343. The van der Waals surface area contributed by atoms with Gasteiger partial charge in [0, 0.05) is 19.6 Å². The average Bonchev–Trinajstić information content (AvgIpc) is 3.08. The summed E-state index contributed by atoms with van der Waals surface area (Å²) in [5.41, 5.74) is 0. The van der Waals surface area contributed by atoms with Gasteiger partial charge in [-0.15, -0.1) is 0 Å². The van der Waals surface area contributed by atoms with E-state index in [1.807, 2.05) is 0 Å². The lowest BCUT2D eigenvalue weighted by Gasteiger charge is -2.45. The Balaban J connectivity index is 0.00000267. The molecule has 0 aromatic rings. The van der Waals surface area contributed by atoms with Gasteiger partial charge in [0.2, 0.25) is 0 Å². The highest BCUT2D eigenvalue weighted by atomic mass is 31.1. The molecule has 16 unspecified atom stereocenters. The summed E-state index contributed by atoms with van der Waals surface area (Å²) in [4.78, 5) is 8.65. The Morgan fingerprint density at radius 3 is 1.59 bits per heavy atom. The molecular formula is C29H58O19P+. The average molecular weight is 742 g/mol. The lowest BCUT2D eigenvalue weighted by Crippen LogP contribution is -2.64.